The Kier molecular flexibility index (Phi) is 5.12. The van der Waals surface area contributed by atoms with Crippen molar-refractivity contribution in [3.05, 3.63) is 42.0 Å². The number of hydrogen-bond acceptors (Lipinski definition) is 4. The molecular weight excluding hydrogens is 252 g/mol. The van der Waals surface area contributed by atoms with Crippen molar-refractivity contribution in [1.82, 2.24) is 20.1 Å². The third-order valence-electron chi connectivity index (χ3n) is 3.36. The molecule has 0 aliphatic carbocycles. The van der Waals surface area contributed by atoms with Crippen LogP contribution in [-0.2, 0) is 13.0 Å². The first-order chi connectivity index (χ1) is 9.78. The van der Waals surface area contributed by atoms with E-state index in [4.69, 9.17) is 4.74 Å². The van der Waals surface area contributed by atoms with E-state index in [0.717, 1.165) is 31.0 Å². The molecule has 20 heavy (non-hydrogen) atoms. The van der Waals surface area contributed by atoms with Crippen LogP contribution in [0.1, 0.15) is 30.8 Å². The normalized spacial score (nSPS) is 12.3. The molecule has 1 heterocycles. The summed E-state index contributed by atoms with van der Waals surface area (Å²) < 4.78 is 7.26. The maximum atomic E-state index is 5.29. The molecule has 1 unspecified atom stereocenters. The summed E-state index contributed by atoms with van der Waals surface area (Å²) in [6.07, 6.45) is 3.49. The van der Waals surface area contributed by atoms with Crippen LogP contribution in [0.2, 0.25) is 0 Å². The van der Waals surface area contributed by atoms with E-state index in [-0.39, 0.29) is 6.04 Å². The SMILES string of the molecule is CCCn1ncnc1CC(NC)c1cccc(OC)c1. The van der Waals surface area contributed by atoms with Gasteiger partial charge in [-0.2, -0.15) is 5.10 Å². The van der Waals surface area contributed by atoms with Crippen molar-refractivity contribution < 1.29 is 4.74 Å². The molecule has 0 aliphatic heterocycles. The van der Waals surface area contributed by atoms with Crippen LogP contribution in [0, 0.1) is 0 Å². The van der Waals surface area contributed by atoms with Gasteiger partial charge in [0.2, 0.25) is 0 Å². The van der Waals surface area contributed by atoms with Crippen LogP contribution in [0.3, 0.4) is 0 Å². The maximum Gasteiger partial charge on any atom is 0.138 e. The average molecular weight is 274 g/mol. The van der Waals surface area contributed by atoms with Gasteiger partial charge >= 0.3 is 0 Å². The fourth-order valence-electron chi connectivity index (χ4n) is 2.27. The zero-order valence-electron chi connectivity index (χ0n) is 12.3. The molecule has 1 aromatic carbocycles. The van der Waals surface area contributed by atoms with Gasteiger partial charge in [-0.1, -0.05) is 19.1 Å². The van der Waals surface area contributed by atoms with Gasteiger partial charge in [-0.3, -0.25) is 4.68 Å². The van der Waals surface area contributed by atoms with Crippen LogP contribution in [0.25, 0.3) is 0 Å². The second-order valence-corrected chi connectivity index (χ2v) is 4.72. The highest BCUT2D eigenvalue weighted by Crippen LogP contribution is 2.21. The van der Waals surface area contributed by atoms with Gasteiger partial charge < -0.3 is 10.1 Å². The second kappa shape index (κ2) is 7.05. The first-order valence-corrected chi connectivity index (χ1v) is 6.96. The van der Waals surface area contributed by atoms with Gasteiger partial charge in [0.05, 0.1) is 7.11 Å². The summed E-state index contributed by atoms with van der Waals surface area (Å²) in [5.41, 5.74) is 1.19. The first-order valence-electron chi connectivity index (χ1n) is 6.96. The minimum atomic E-state index is 0.199. The summed E-state index contributed by atoms with van der Waals surface area (Å²) in [5, 5.41) is 7.61. The standard InChI is InChI=1S/C15H22N4O/c1-4-8-19-15(17-11-18-19)10-14(16-2)12-6-5-7-13(9-12)20-3/h5-7,9,11,14,16H,4,8,10H2,1-3H3. The lowest BCUT2D eigenvalue weighted by atomic mass is 10.0. The van der Waals surface area contributed by atoms with Crippen LogP contribution >= 0.6 is 0 Å². The molecule has 0 amide bonds. The lowest BCUT2D eigenvalue weighted by Crippen LogP contribution is -2.21. The minimum absolute atomic E-state index is 0.199. The number of nitrogens with one attached hydrogen (secondary N) is 1. The molecule has 1 N–H and O–H groups in total. The van der Waals surface area contributed by atoms with Crippen LogP contribution in [0.4, 0.5) is 0 Å². The van der Waals surface area contributed by atoms with E-state index in [9.17, 15) is 0 Å². The van der Waals surface area contributed by atoms with Crippen molar-refractivity contribution in [3.63, 3.8) is 0 Å². The largest absolute Gasteiger partial charge is 0.497 e. The van der Waals surface area contributed by atoms with E-state index in [1.807, 2.05) is 23.9 Å². The topological polar surface area (TPSA) is 52.0 Å². The van der Waals surface area contributed by atoms with Crippen molar-refractivity contribution in [2.24, 2.45) is 0 Å². The third kappa shape index (κ3) is 3.36. The fraction of sp³-hybridized carbons (Fsp3) is 0.467. The molecule has 0 radical (unpaired) electrons. The molecule has 0 fully saturated rings. The van der Waals surface area contributed by atoms with E-state index >= 15 is 0 Å². The molecule has 108 valence electrons. The molecule has 0 saturated heterocycles. The smallest absolute Gasteiger partial charge is 0.138 e. The van der Waals surface area contributed by atoms with Crippen molar-refractivity contribution in [1.29, 1.82) is 0 Å². The van der Waals surface area contributed by atoms with Crippen molar-refractivity contribution in [2.45, 2.75) is 32.4 Å². The monoisotopic (exact) mass is 274 g/mol. The van der Waals surface area contributed by atoms with Gasteiger partial charge in [0.25, 0.3) is 0 Å². The number of aryl methyl sites for hydroxylation is 1. The molecule has 1 aromatic heterocycles. The quantitative estimate of drug-likeness (QED) is 0.841. The molecular formula is C15H22N4O. The van der Waals surface area contributed by atoms with Gasteiger partial charge in [-0.05, 0) is 31.2 Å². The van der Waals surface area contributed by atoms with Crippen LogP contribution < -0.4 is 10.1 Å². The van der Waals surface area contributed by atoms with E-state index in [1.54, 1.807) is 13.4 Å². The van der Waals surface area contributed by atoms with Gasteiger partial charge in [-0.25, -0.2) is 4.98 Å². The predicted molar refractivity (Wildman–Crippen MR) is 78.8 cm³/mol. The molecule has 0 aliphatic rings. The Labute approximate surface area is 120 Å². The summed E-state index contributed by atoms with van der Waals surface area (Å²) in [7, 11) is 3.65. The van der Waals surface area contributed by atoms with Gasteiger partial charge in [0.15, 0.2) is 0 Å². The highest BCUT2D eigenvalue weighted by molar-refractivity contribution is 5.31. The van der Waals surface area contributed by atoms with Gasteiger partial charge in [0, 0.05) is 19.0 Å². The lowest BCUT2D eigenvalue weighted by molar-refractivity contribution is 0.413. The number of ether oxygens (including phenoxy) is 1. The Balaban J connectivity index is 2.17. The Morgan fingerprint density at radius 3 is 2.95 bits per heavy atom. The molecule has 0 saturated carbocycles. The Morgan fingerprint density at radius 2 is 2.25 bits per heavy atom. The maximum absolute atomic E-state index is 5.29. The number of nitrogens with zero attached hydrogens (tertiary/aromatic N) is 3. The summed E-state index contributed by atoms with van der Waals surface area (Å²) in [6.45, 7) is 3.05. The summed E-state index contributed by atoms with van der Waals surface area (Å²) in [5.74, 6) is 1.88. The number of aromatic nitrogens is 3. The van der Waals surface area contributed by atoms with Gasteiger partial charge in [0.1, 0.15) is 17.9 Å². The predicted octanol–water partition coefficient (Wildman–Crippen LogP) is 2.20. The summed E-state index contributed by atoms with van der Waals surface area (Å²) in [6, 6.07) is 8.32. The van der Waals surface area contributed by atoms with Crippen molar-refractivity contribution in [3.8, 4) is 5.75 Å². The van der Waals surface area contributed by atoms with Crippen LogP contribution in [0.15, 0.2) is 30.6 Å². The summed E-state index contributed by atoms with van der Waals surface area (Å²) >= 11 is 0. The zero-order chi connectivity index (χ0) is 14.4. The van der Waals surface area contributed by atoms with Crippen LogP contribution in [0.5, 0.6) is 5.75 Å². The summed E-state index contributed by atoms with van der Waals surface area (Å²) in [4.78, 5) is 4.37. The number of benzene rings is 1. The lowest BCUT2D eigenvalue weighted by Gasteiger charge is -2.17. The Bertz CT molecular complexity index is 538. The molecule has 2 rings (SSSR count). The van der Waals surface area contributed by atoms with Gasteiger partial charge in [-0.15, -0.1) is 0 Å². The molecule has 1 atom stereocenters. The number of methoxy groups -OCH3 is 1. The molecule has 0 spiro atoms. The van der Waals surface area contributed by atoms with E-state index in [1.165, 1.54) is 5.56 Å². The first kappa shape index (κ1) is 14.5. The van der Waals surface area contributed by atoms with Crippen LogP contribution in [-0.4, -0.2) is 28.9 Å². The minimum Gasteiger partial charge on any atom is -0.497 e. The Hall–Kier alpha value is -1.88. The molecule has 2 aromatic rings. The molecule has 0 bridgehead atoms. The number of likely N-dealkylation sites (N-methyl/N-ethyl adjacent to an activating group) is 1. The average Bonchev–Trinajstić information content (AvgIpc) is 2.92. The number of hydrogen-bond donors (Lipinski definition) is 1. The highest BCUT2D eigenvalue weighted by Gasteiger charge is 2.14. The van der Waals surface area contributed by atoms with E-state index in [2.05, 4.69) is 34.5 Å². The molecule has 5 heteroatoms. The van der Waals surface area contributed by atoms with E-state index < -0.39 is 0 Å². The number of rotatable bonds is 7. The third-order valence-corrected chi connectivity index (χ3v) is 3.36. The van der Waals surface area contributed by atoms with Crippen molar-refractivity contribution in [2.75, 3.05) is 14.2 Å². The zero-order valence-corrected chi connectivity index (χ0v) is 12.3. The molecule has 5 nitrogen and oxygen atoms in total. The second-order valence-electron chi connectivity index (χ2n) is 4.72. The van der Waals surface area contributed by atoms with Crippen molar-refractivity contribution >= 4 is 0 Å². The van der Waals surface area contributed by atoms with E-state index in [0.29, 0.717) is 0 Å². The fourth-order valence-corrected chi connectivity index (χ4v) is 2.27. The Morgan fingerprint density at radius 1 is 1.40 bits per heavy atom. The highest BCUT2D eigenvalue weighted by atomic mass is 16.5.